The molecule has 180 valence electrons. The number of aromatic nitrogens is 1. The molecule has 3 aliphatic heterocycles. The number of morpholine rings is 1. The lowest BCUT2D eigenvalue weighted by atomic mass is 10.00. The molecule has 0 radical (unpaired) electrons. The van der Waals surface area contributed by atoms with Crippen molar-refractivity contribution in [1.82, 2.24) is 19.8 Å². The van der Waals surface area contributed by atoms with Gasteiger partial charge in [0, 0.05) is 57.3 Å². The molecule has 2 amide bonds. The molecule has 0 saturated carbocycles. The third kappa shape index (κ3) is 4.76. The maximum atomic E-state index is 12.9. The van der Waals surface area contributed by atoms with Crippen molar-refractivity contribution in [2.75, 3.05) is 51.8 Å². The zero-order chi connectivity index (χ0) is 23.7. The van der Waals surface area contributed by atoms with E-state index in [-0.39, 0.29) is 17.9 Å². The number of hydrogen-bond acceptors (Lipinski definition) is 7. The van der Waals surface area contributed by atoms with Crippen molar-refractivity contribution in [3.8, 4) is 0 Å². The SMILES string of the molecule is C/C=N\N(C)CC1=CC2CN(C(=O)/C=C/c3cnc4c(c3)CN3CCOCC3C(=O)N4)CC2C1. The van der Waals surface area contributed by atoms with Gasteiger partial charge in [0.25, 0.3) is 0 Å². The van der Waals surface area contributed by atoms with Crippen LogP contribution in [0.1, 0.15) is 24.5 Å². The van der Waals surface area contributed by atoms with Crippen LogP contribution in [-0.2, 0) is 20.9 Å². The number of carbonyl (C=O) groups excluding carboxylic acids is 2. The first-order valence-corrected chi connectivity index (χ1v) is 12.0. The van der Waals surface area contributed by atoms with Gasteiger partial charge in [-0.25, -0.2) is 4.98 Å². The Bertz CT molecular complexity index is 1050. The lowest BCUT2D eigenvalue weighted by molar-refractivity contribution is -0.127. The van der Waals surface area contributed by atoms with E-state index in [1.807, 2.05) is 36.0 Å². The number of nitrogens with zero attached hydrogens (tertiary/aromatic N) is 5. The number of hydrazone groups is 1. The number of hydrogen-bond donors (Lipinski definition) is 1. The summed E-state index contributed by atoms with van der Waals surface area (Å²) in [5.41, 5.74) is 3.23. The maximum absolute atomic E-state index is 12.9. The maximum Gasteiger partial charge on any atom is 0.246 e. The number of nitrogens with one attached hydrogen (secondary N) is 1. The zero-order valence-corrected chi connectivity index (χ0v) is 19.8. The molecule has 0 bridgehead atoms. The van der Waals surface area contributed by atoms with E-state index in [2.05, 4.69) is 26.4 Å². The Morgan fingerprint density at radius 3 is 3.12 bits per heavy atom. The van der Waals surface area contributed by atoms with Crippen molar-refractivity contribution in [2.24, 2.45) is 16.9 Å². The molecule has 2 fully saturated rings. The Labute approximate surface area is 200 Å². The summed E-state index contributed by atoms with van der Waals surface area (Å²) in [5, 5.41) is 9.17. The highest BCUT2D eigenvalue weighted by Crippen LogP contribution is 2.37. The van der Waals surface area contributed by atoms with Crippen molar-refractivity contribution in [2.45, 2.75) is 25.9 Å². The van der Waals surface area contributed by atoms with Gasteiger partial charge in [-0.05, 0) is 42.9 Å². The number of likely N-dealkylation sites (tertiary alicyclic amines) is 1. The molecule has 0 spiro atoms. The Morgan fingerprint density at radius 2 is 2.29 bits per heavy atom. The highest BCUT2D eigenvalue weighted by molar-refractivity contribution is 5.96. The number of anilines is 1. The van der Waals surface area contributed by atoms with Crippen molar-refractivity contribution in [3.63, 3.8) is 0 Å². The number of pyridine rings is 1. The van der Waals surface area contributed by atoms with Gasteiger partial charge in [-0.15, -0.1) is 0 Å². The molecular formula is C25H32N6O3. The Balaban J connectivity index is 1.21. The molecule has 2 saturated heterocycles. The Kier molecular flexibility index (Phi) is 6.47. The van der Waals surface area contributed by atoms with Crippen molar-refractivity contribution in [3.05, 3.63) is 41.1 Å². The van der Waals surface area contributed by atoms with E-state index in [9.17, 15) is 9.59 Å². The Morgan fingerprint density at radius 1 is 1.41 bits per heavy atom. The number of carbonyl (C=O) groups is 2. The van der Waals surface area contributed by atoms with E-state index >= 15 is 0 Å². The molecule has 9 heteroatoms. The van der Waals surface area contributed by atoms with Crippen LogP contribution in [0.15, 0.2) is 35.1 Å². The third-order valence-electron chi connectivity index (χ3n) is 7.09. The van der Waals surface area contributed by atoms with E-state index in [4.69, 9.17) is 4.74 Å². The molecular weight excluding hydrogens is 432 g/mol. The largest absolute Gasteiger partial charge is 0.378 e. The quantitative estimate of drug-likeness (QED) is 0.308. The fraction of sp³-hybridized carbons (Fsp3) is 0.520. The predicted molar refractivity (Wildman–Crippen MR) is 130 cm³/mol. The van der Waals surface area contributed by atoms with Crippen LogP contribution in [0.25, 0.3) is 6.08 Å². The van der Waals surface area contributed by atoms with Crippen molar-refractivity contribution >= 4 is 29.9 Å². The molecule has 9 nitrogen and oxygen atoms in total. The third-order valence-corrected chi connectivity index (χ3v) is 7.09. The molecule has 5 rings (SSSR count). The number of fused-ring (bicyclic) bond motifs is 3. The molecule has 1 aliphatic carbocycles. The van der Waals surface area contributed by atoms with Gasteiger partial charge in [-0.2, -0.15) is 5.10 Å². The van der Waals surface area contributed by atoms with Gasteiger partial charge < -0.3 is 15.0 Å². The standard InChI is InChI=1S/C25H32N6O3/c1-3-27-29(2)12-18-9-19-13-31(14-20(19)10-18)23(32)5-4-17-8-21-15-30-6-7-34-16-22(30)25(33)28-24(21)26-11-17/h3-5,8-9,11,19-20,22H,6-7,10,12-16H2,1-2H3,(H,26,28,33)/b5-4+,27-3-. The van der Waals surface area contributed by atoms with Crippen LogP contribution in [0, 0.1) is 11.8 Å². The van der Waals surface area contributed by atoms with Crippen LogP contribution in [0.2, 0.25) is 0 Å². The number of ether oxygens (including phenoxy) is 1. The topological polar surface area (TPSA) is 90.4 Å². The minimum Gasteiger partial charge on any atom is -0.378 e. The highest BCUT2D eigenvalue weighted by atomic mass is 16.5. The summed E-state index contributed by atoms with van der Waals surface area (Å²) in [7, 11) is 1.99. The molecule has 3 unspecified atom stereocenters. The number of amides is 2. The minimum absolute atomic E-state index is 0.0357. The second kappa shape index (κ2) is 9.68. The molecule has 4 heterocycles. The fourth-order valence-electron chi connectivity index (χ4n) is 5.45. The summed E-state index contributed by atoms with van der Waals surface area (Å²) in [6, 6.07) is 1.72. The van der Waals surface area contributed by atoms with Crippen LogP contribution in [0.5, 0.6) is 0 Å². The van der Waals surface area contributed by atoms with Crippen LogP contribution < -0.4 is 5.32 Å². The van der Waals surface area contributed by atoms with Gasteiger partial charge in [0.05, 0.1) is 19.8 Å². The minimum atomic E-state index is -0.285. The van der Waals surface area contributed by atoms with Crippen LogP contribution >= 0.6 is 0 Å². The van der Waals surface area contributed by atoms with Crippen LogP contribution in [0.3, 0.4) is 0 Å². The zero-order valence-electron chi connectivity index (χ0n) is 19.8. The summed E-state index contributed by atoms with van der Waals surface area (Å²) in [5.74, 6) is 1.49. The summed E-state index contributed by atoms with van der Waals surface area (Å²) in [6.45, 7) is 6.70. The molecule has 3 atom stereocenters. The number of likely N-dealkylation sites (N-methyl/N-ethyl adjacent to an activating group) is 1. The molecule has 1 N–H and O–H groups in total. The van der Waals surface area contributed by atoms with Crippen molar-refractivity contribution in [1.29, 1.82) is 0 Å². The molecule has 0 aromatic carbocycles. The Hall–Kier alpha value is -3.04. The van der Waals surface area contributed by atoms with Gasteiger partial charge in [-0.1, -0.05) is 11.6 Å². The first kappa shape index (κ1) is 22.7. The van der Waals surface area contributed by atoms with Gasteiger partial charge >= 0.3 is 0 Å². The van der Waals surface area contributed by atoms with Gasteiger partial charge in [0.15, 0.2) is 0 Å². The lowest BCUT2D eigenvalue weighted by Crippen LogP contribution is -2.49. The average molecular weight is 465 g/mol. The lowest BCUT2D eigenvalue weighted by Gasteiger charge is -2.32. The smallest absolute Gasteiger partial charge is 0.246 e. The monoisotopic (exact) mass is 464 g/mol. The highest BCUT2D eigenvalue weighted by Gasteiger charge is 2.37. The molecule has 4 aliphatic rings. The number of rotatable bonds is 5. The first-order valence-electron chi connectivity index (χ1n) is 12.0. The molecule has 34 heavy (non-hydrogen) atoms. The summed E-state index contributed by atoms with van der Waals surface area (Å²) >= 11 is 0. The fourth-order valence-corrected chi connectivity index (χ4v) is 5.45. The second-order valence-electron chi connectivity index (χ2n) is 9.55. The second-order valence-corrected chi connectivity index (χ2v) is 9.55. The van der Waals surface area contributed by atoms with E-state index in [0.717, 1.165) is 37.2 Å². The van der Waals surface area contributed by atoms with Crippen LogP contribution in [0.4, 0.5) is 5.82 Å². The van der Waals surface area contributed by atoms with Crippen molar-refractivity contribution < 1.29 is 14.3 Å². The van der Waals surface area contributed by atoms with Gasteiger partial charge in [0.2, 0.25) is 11.8 Å². The van der Waals surface area contributed by atoms with E-state index in [1.54, 1.807) is 18.5 Å². The van der Waals surface area contributed by atoms with E-state index in [0.29, 0.717) is 44.0 Å². The summed E-state index contributed by atoms with van der Waals surface area (Å²) < 4.78 is 5.47. The van der Waals surface area contributed by atoms with Crippen LogP contribution in [-0.4, -0.2) is 90.3 Å². The van der Waals surface area contributed by atoms with Gasteiger partial charge in [0.1, 0.15) is 11.9 Å². The predicted octanol–water partition coefficient (Wildman–Crippen LogP) is 1.59. The summed E-state index contributed by atoms with van der Waals surface area (Å²) in [4.78, 5) is 33.9. The molecule has 1 aromatic heterocycles. The molecule has 1 aromatic rings. The normalized spacial score (nSPS) is 26.8. The first-order chi connectivity index (χ1) is 16.5. The van der Waals surface area contributed by atoms with E-state index in [1.165, 1.54) is 5.57 Å². The summed E-state index contributed by atoms with van der Waals surface area (Å²) in [6.07, 6.45) is 10.3. The van der Waals surface area contributed by atoms with Gasteiger partial charge in [-0.3, -0.25) is 19.5 Å². The van der Waals surface area contributed by atoms with E-state index < -0.39 is 0 Å². The average Bonchev–Trinajstić information content (AvgIpc) is 3.34.